The Bertz CT molecular complexity index is 539. The zero-order valence-electron chi connectivity index (χ0n) is 12.2. The fourth-order valence-corrected chi connectivity index (χ4v) is 2.15. The Kier molecular flexibility index (Phi) is 5.07. The lowest BCUT2D eigenvalue weighted by molar-refractivity contribution is 0.830. The van der Waals surface area contributed by atoms with Gasteiger partial charge in [0.25, 0.3) is 0 Å². The van der Waals surface area contributed by atoms with E-state index in [1.54, 1.807) is 0 Å². The molecule has 0 bridgehead atoms. The second kappa shape index (κ2) is 7.01. The Hall–Kier alpha value is -1.94. The van der Waals surface area contributed by atoms with Crippen LogP contribution in [0.3, 0.4) is 0 Å². The predicted octanol–water partition coefficient (Wildman–Crippen LogP) is 2.52. The van der Waals surface area contributed by atoms with Gasteiger partial charge in [0.15, 0.2) is 0 Å². The van der Waals surface area contributed by atoms with E-state index >= 15 is 0 Å². The largest absolute Gasteiger partial charge is 0.354 e. The monoisotopic (exact) mass is 270 g/mol. The summed E-state index contributed by atoms with van der Waals surface area (Å²) in [6, 6.07) is 10.1. The number of aryl methyl sites for hydroxylation is 1. The van der Waals surface area contributed by atoms with Crippen molar-refractivity contribution in [2.45, 2.75) is 32.9 Å². The van der Waals surface area contributed by atoms with Gasteiger partial charge in [-0.15, -0.1) is 0 Å². The molecule has 0 amide bonds. The highest BCUT2D eigenvalue weighted by Gasteiger charge is 2.07. The summed E-state index contributed by atoms with van der Waals surface area (Å²) < 4.78 is 0. The van der Waals surface area contributed by atoms with Gasteiger partial charge >= 0.3 is 0 Å². The molecule has 0 unspecified atom stereocenters. The first kappa shape index (κ1) is 14.5. The van der Waals surface area contributed by atoms with Crippen molar-refractivity contribution >= 4 is 5.82 Å². The van der Waals surface area contributed by atoms with E-state index in [0.29, 0.717) is 6.54 Å². The van der Waals surface area contributed by atoms with Crippen LogP contribution in [0.25, 0.3) is 0 Å². The molecular formula is C16H22N4. The van der Waals surface area contributed by atoms with Crippen LogP contribution in [0.2, 0.25) is 0 Å². The van der Waals surface area contributed by atoms with E-state index in [1.165, 1.54) is 0 Å². The lowest BCUT2D eigenvalue weighted by Crippen LogP contribution is -2.19. The lowest BCUT2D eigenvalue weighted by atomic mass is 10.1. The minimum absolute atomic E-state index is 0.545. The molecule has 2 aromatic heterocycles. The smallest absolute Gasteiger partial charge is 0.129 e. The van der Waals surface area contributed by atoms with Gasteiger partial charge in [-0.05, 0) is 36.2 Å². The zero-order valence-corrected chi connectivity index (χ0v) is 12.2. The fourth-order valence-electron chi connectivity index (χ4n) is 2.15. The molecule has 2 aromatic rings. The number of hydrogen-bond donors (Lipinski definition) is 1. The highest BCUT2D eigenvalue weighted by atomic mass is 15.2. The average molecular weight is 270 g/mol. The van der Waals surface area contributed by atoms with Crippen molar-refractivity contribution in [2.75, 3.05) is 11.9 Å². The van der Waals surface area contributed by atoms with Crippen LogP contribution in [0.1, 0.15) is 30.3 Å². The molecule has 0 saturated heterocycles. The standard InChI is InChI=1S/C16H22N4/c1-3-6-14-9-13(11-17)10-16(19-14)20(2)12-15-7-4-5-8-18-15/h4-5,7-10H,3,6,11-12,17H2,1-2H3. The molecule has 20 heavy (non-hydrogen) atoms. The molecule has 0 spiro atoms. The van der Waals surface area contributed by atoms with E-state index in [9.17, 15) is 0 Å². The normalized spacial score (nSPS) is 10.6. The molecule has 2 heterocycles. The molecule has 0 radical (unpaired) electrons. The van der Waals surface area contributed by atoms with Crippen LogP contribution in [-0.4, -0.2) is 17.0 Å². The van der Waals surface area contributed by atoms with Gasteiger partial charge in [0.2, 0.25) is 0 Å². The molecule has 0 aliphatic rings. The van der Waals surface area contributed by atoms with Crippen molar-refractivity contribution in [1.29, 1.82) is 0 Å². The maximum absolute atomic E-state index is 5.78. The zero-order chi connectivity index (χ0) is 14.4. The maximum Gasteiger partial charge on any atom is 0.129 e. The Labute approximate surface area is 120 Å². The minimum atomic E-state index is 0.545. The van der Waals surface area contributed by atoms with E-state index < -0.39 is 0 Å². The number of nitrogens with two attached hydrogens (primary N) is 1. The number of rotatable bonds is 6. The summed E-state index contributed by atoms with van der Waals surface area (Å²) in [5.41, 5.74) is 9.05. The van der Waals surface area contributed by atoms with Gasteiger partial charge in [-0.1, -0.05) is 19.4 Å². The van der Waals surface area contributed by atoms with Crippen molar-refractivity contribution < 1.29 is 0 Å². The molecule has 106 valence electrons. The second-order valence-electron chi connectivity index (χ2n) is 4.96. The van der Waals surface area contributed by atoms with E-state index in [2.05, 4.69) is 28.9 Å². The highest BCUT2D eigenvalue weighted by Crippen LogP contribution is 2.16. The Morgan fingerprint density at radius 2 is 2.05 bits per heavy atom. The number of hydrogen-bond acceptors (Lipinski definition) is 4. The van der Waals surface area contributed by atoms with Crippen LogP contribution in [-0.2, 0) is 19.5 Å². The number of pyridine rings is 2. The van der Waals surface area contributed by atoms with Crippen molar-refractivity contribution in [3.8, 4) is 0 Å². The molecule has 4 nitrogen and oxygen atoms in total. The number of aromatic nitrogens is 2. The van der Waals surface area contributed by atoms with Crippen LogP contribution < -0.4 is 10.6 Å². The third kappa shape index (κ3) is 3.78. The van der Waals surface area contributed by atoms with Crippen molar-refractivity contribution in [1.82, 2.24) is 9.97 Å². The Balaban J connectivity index is 2.19. The number of nitrogens with zero attached hydrogens (tertiary/aromatic N) is 3. The fraction of sp³-hybridized carbons (Fsp3) is 0.375. The SMILES string of the molecule is CCCc1cc(CN)cc(N(C)Cc2ccccn2)n1. The highest BCUT2D eigenvalue weighted by molar-refractivity contribution is 5.42. The maximum atomic E-state index is 5.78. The summed E-state index contributed by atoms with van der Waals surface area (Å²) in [5, 5.41) is 0. The third-order valence-corrected chi connectivity index (χ3v) is 3.18. The Morgan fingerprint density at radius 3 is 2.70 bits per heavy atom. The predicted molar refractivity (Wildman–Crippen MR) is 82.5 cm³/mol. The van der Waals surface area contributed by atoms with E-state index in [4.69, 9.17) is 10.7 Å². The molecule has 4 heteroatoms. The van der Waals surface area contributed by atoms with E-state index in [1.807, 2.05) is 31.4 Å². The van der Waals surface area contributed by atoms with Crippen LogP contribution >= 0.6 is 0 Å². The second-order valence-corrected chi connectivity index (χ2v) is 4.96. The quantitative estimate of drug-likeness (QED) is 0.876. The first-order valence-corrected chi connectivity index (χ1v) is 7.04. The topological polar surface area (TPSA) is 55.0 Å². The van der Waals surface area contributed by atoms with Crippen LogP contribution in [0.15, 0.2) is 36.5 Å². The molecule has 0 aromatic carbocycles. The summed E-state index contributed by atoms with van der Waals surface area (Å²) in [5.74, 6) is 0.960. The summed E-state index contributed by atoms with van der Waals surface area (Å²) in [6.45, 7) is 3.45. The van der Waals surface area contributed by atoms with Gasteiger partial charge in [-0.25, -0.2) is 4.98 Å². The summed E-state index contributed by atoms with van der Waals surface area (Å²) >= 11 is 0. The van der Waals surface area contributed by atoms with Crippen LogP contribution in [0.5, 0.6) is 0 Å². The lowest BCUT2D eigenvalue weighted by Gasteiger charge is -2.19. The molecule has 0 saturated carbocycles. The van der Waals surface area contributed by atoms with Gasteiger partial charge < -0.3 is 10.6 Å². The minimum Gasteiger partial charge on any atom is -0.354 e. The van der Waals surface area contributed by atoms with Gasteiger partial charge in [-0.2, -0.15) is 0 Å². The van der Waals surface area contributed by atoms with Gasteiger partial charge in [0.1, 0.15) is 5.82 Å². The van der Waals surface area contributed by atoms with Crippen molar-refractivity contribution in [3.05, 3.63) is 53.5 Å². The molecule has 0 atom stereocenters. The first-order valence-electron chi connectivity index (χ1n) is 7.04. The van der Waals surface area contributed by atoms with Gasteiger partial charge in [0.05, 0.1) is 12.2 Å². The average Bonchev–Trinajstić information content (AvgIpc) is 2.48. The third-order valence-electron chi connectivity index (χ3n) is 3.18. The van der Waals surface area contributed by atoms with E-state index in [-0.39, 0.29) is 0 Å². The van der Waals surface area contributed by atoms with Crippen molar-refractivity contribution in [3.63, 3.8) is 0 Å². The molecule has 0 aliphatic carbocycles. The molecule has 2 rings (SSSR count). The molecule has 0 aliphatic heterocycles. The van der Waals surface area contributed by atoms with Gasteiger partial charge in [-0.3, -0.25) is 4.98 Å². The summed E-state index contributed by atoms with van der Waals surface area (Å²) in [4.78, 5) is 11.2. The summed E-state index contributed by atoms with van der Waals surface area (Å²) in [6.07, 6.45) is 3.89. The summed E-state index contributed by atoms with van der Waals surface area (Å²) in [7, 11) is 2.03. The first-order chi connectivity index (χ1) is 9.72. The van der Waals surface area contributed by atoms with Crippen molar-refractivity contribution in [2.24, 2.45) is 5.73 Å². The van der Waals surface area contributed by atoms with Crippen LogP contribution in [0, 0.1) is 0 Å². The number of anilines is 1. The Morgan fingerprint density at radius 1 is 1.20 bits per heavy atom. The van der Waals surface area contributed by atoms with Gasteiger partial charge in [0, 0.05) is 25.5 Å². The molecule has 0 fully saturated rings. The molecular weight excluding hydrogens is 248 g/mol. The van der Waals surface area contributed by atoms with Crippen LogP contribution in [0.4, 0.5) is 5.82 Å². The molecule has 2 N–H and O–H groups in total. The van der Waals surface area contributed by atoms with E-state index in [0.717, 1.165) is 42.2 Å².